The molecule has 3 aromatic heterocycles. The highest BCUT2D eigenvalue weighted by Crippen LogP contribution is 2.35. The van der Waals surface area contributed by atoms with Crippen LogP contribution in [0.2, 0.25) is 0 Å². The van der Waals surface area contributed by atoms with Crippen molar-refractivity contribution >= 4 is 55.0 Å². The normalized spacial score (nSPS) is 11.6. The van der Waals surface area contributed by atoms with Gasteiger partial charge in [0.25, 0.3) is 10.0 Å². The van der Waals surface area contributed by atoms with Gasteiger partial charge in [0.15, 0.2) is 0 Å². The van der Waals surface area contributed by atoms with Crippen LogP contribution in [-0.2, 0) is 14.8 Å². The average Bonchev–Trinajstić information content (AvgIpc) is 3.15. The van der Waals surface area contributed by atoms with Crippen LogP contribution in [0, 0.1) is 19.8 Å². The van der Waals surface area contributed by atoms with Gasteiger partial charge < -0.3 is 10.1 Å². The predicted molar refractivity (Wildman–Crippen MR) is 135 cm³/mol. The summed E-state index contributed by atoms with van der Waals surface area (Å²) >= 11 is 1.25. The van der Waals surface area contributed by atoms with Crippen LogP contribution < -0.4 is 10.0 Å². The van der Waals surface area contributed by atoms with Crippen molar-refractivity contribution in [2.24, 2.45) is 5.92 Å². The van der Waals surface area contributed by atoms with Crippen molar-refractivity contribution < 1.29 is 17.9 Å². The molecule has 0 amide bonds. The molecule has 2 N–H and O–H groups in total. The largest absolute Gasteiger partial charge is 0.461 e. The maximum absolute atomic E-state index is 12.7. The van der Waals surface area contributed by atoms with Crippen LogP contribution in [0.25, 0.3) is 10.2 Å². The first-order chi connectivity index (χ1) is 16.6. The number of rotatable bonds is 8. The second-order valence-electron chi connectivity index (χ2n) is 8.23. The Morgan fingerprint density at radius 1 is 1.09 bits per heavy atom. The molecule has 0 atom stereocenters. The Morgan fingerprint density at radius 2 is 1.83 bits per heavy atom. The number of nitrogens with one attached hydrogen (secondary N) is 2. The molecule has 0 aliphatic rings. The molecule has 0 saturated heterocycles. The van der Waals surface area contributed by atoms with Crippen LogP contribution in [0.4, 0.5) is 17.5 Å². The van der Waals surface area contributed by atoms with E-state index < -0.39 is 10.0 Å². The summed E-state index contributed by atoms with van der Waals surface area (Å²) < 4.78 is 33.1. The summed E-state index contributed by atoms with van der Waals surface area (Å²) in [6.07, 6.45) is 2.89. The number of aromatic nitrogens is 4. The zero-order valence-corrected chi connectivity index (χ0v) is 21.2. The molecular weight excluding hydrogens is 488 g/mol. The Kier molecular flexibility index (Phi) is 6.94. The number of aryl methyl sites for hydroxylation is 2. The molecule has 0 bridgehead atoms. The smallest absolute Gasteiger partial charge is 0.348 e. The van der Waals surface area contributed by atoms with E-state index in [9.17, 15) is 13.2 Å². The van der Waals surface area contributed by atoms with Crippen molar-refractivity contribution in [1.82, 2.24) is 19.9 Å². The van der Waals surface area contributed by atoms with Gasteiger partial charge in [0.2, 0.25) is 5.95 Å². The van der Waals surface area contributed by atoms with Crippen molar-refractivity contribution in [1.29, 1.82) is 0 Å². The van der Waals surface area contributed by atoms with E-state index in [4.69, 9.17) is 4.74 Å². The molecule has 0 saturated carbocycles. The van der Waals surface area contributed by atoms with E-state index in [2.05, 4.69) is 30.0 Å². The summed E-state index contributed by atoms with van der Waals surface area (Å²) in [5.41, 5.74) is 1.99. The lowest BCUT2D eigenvalue weighted by molar-refractivity contribution is 0.0464. The number of nitrogens with zero attached hydrogens (tertiary/aromatic N) is 4. The molecule has 0 radical (unpaired) electrons. The molecule has 35 heavy (non-hydrogen) atoms. The topological polar surface area (TPSA) is 136 Å². The van der Waals surface area contributed by atoms with Gasteiger partial charge in [-0.05, 0) is 55.7 Å². The zero-order chi connectivity index (χ0) is 25.2. The van der Waals surface area contributed by atoms with E-state index in [0.29, 0.717) is 38.9 Å². The third-order valence-electron chi connectivity index (χ3n) is 4.91. The van der Waals surface area contributed by atoms with Gasteiger partial charge in [-0.3, -0.25) is 0 Å². The molecule has 0 fully saturated rings. The Hall–Kier alpha value is -3.64. The van der Waals surface area contributed by atoms with Gasteiger partial charge in [-0.25, -0.2) is 37.9 Å². The van der Waals surface area contributed by atoms with Gasteiger partial charge in [0.1, 0.15) is 21.9 Å². The molecule has 4 rings (SSSR count). The molecule has 1 aromatic carbocycles. The fraction of sp³-hybridized carbons (Fsp3) is 0.261. The highest BCUT2D eigenvalue weighted by molar-refractivity contribution is 7.92. The standard InChI is InChI=1S/C23H24N6O4S2/c1-13(2)11-33-22(30)19-15(4)18-20(25-12-26-21(18)34-19)28-16-5-7-17(8-6-16)35(31,32)29-23-24-10-9-14(3)27-23/h5-10,12-13H,11H2,1-4H3,(H,24,27,29)(H,25,26,28). The van der Waals surface area contributed by atoms with Crippen molar-refractivity contribution in [3.05, 3.63) is 59.0 Å². The first kappa shape index (κ1) is 24.5. The number of fused-ring (bicyclic) bond motifs is 1. The zero-order valence-electron chi connectivity index (χ0n) is 19.6. The van der Waals surface area contributed by atoms with Crippen molar-refractivity contribution in [2.75, 3.05) is 16.6 Å². The van der Waals surface area contributed by atoms with E-state index in [-0.39, 0.29) is 22.7 Å². The Bertz CT molecular complexity index is 1480. The highest BCUT2D eigenvalue weighted by atomic mass is 32.2. The number of carbonyl (C=O) groups is 1. The van der Waals surface area contributed by atoms with Crippen molar-refractivity contribution in [2.45, 2.75) is 32.6 Å². The van der Waals surface area contributed by atoms with Gasteiger partial charge >= 0.3 is 5.97 Å². The Balaban J connectivity index is 1.56. The number of hydrogen-bond donors (Lipinski definition) is 2. The number of carbonyl (C=O) groups excluding carboxylic acids is 1. The summed E-state index contributed by atoms with van der Waals surface area (Å²) in [4.78, 5) is 30.4. The van der Waals surface area contributed by atoms with Crippen LogP contribution in [0.1, 0.15) is 34.8 Å². The molecule has 10 nitrogen and oxygen atoms in total. The minimum atomic E-state index is -3.86. The Labute approximate surface area is 206 Å². The highest BCUT2D eigenvalue weighted by Gasteiger charge is 2.21. The number of hydrogen-bond acceptors (Lipinski definition) is 10. The molecule has 0 spiro atoms. The average molecular weight is 513 g/mol. The fourth-order valence-corrected chi connectivity index (χ4v) is 5.19. The molecule has 0 aliphatic carbocycles. The van der Waals surface area contributed by atoms with E-state index >= 15 is 0 Å². The maximum Gasteiger partial charge on any atom is 0.348 e. The van der Waals surface area contributed by atoms with Gasteiger partial charge in [-0.15, -0.1) is 11.3 Å². The molecule has 0 unspecified atom stereocenters. The van der Waals surface area contributed by atoms with Crippen molar-refractivity contribution in [3.63, 3.8) is 0 Å². The third kappa shape index (κ3) is 5.54. The molecule has 3 heterocycles. The summed E-state index contributed by atoms with van der Waals surface area (Å²) in [6.45, 7) is 7.86. The van der Waals surface area contributed by atoms with E-state index in [1.54, 1.807) is 25.1 Å². The lowest BCUT2D eigenvalue weighted by atomic mass is 10.2. The first-order valence-corrected chi connectivity index (χ1v) is 13.0. The number of thiophene rings is 1. The van der Waals surface area contributed by atoms with Gasteiger partial charge in [0, 0.05) is 17.6 Å². The van der Waals surface area contributed by atoms with E-state index in [1.807, 2.05) is 20.8 Å². The number of anilines is 3. The second kappa shape index (κ2) is 9.92. The van der Waals surface area contributed by atoms with E-state index in [1.165, 1.54) is 36.0 Å². The number of ether oxygens (including phenoxy) is 1. The SMILES string of the molecule is Cc1ccnc(NS(=O)(=O)c2ccc(Nc3ncnc4sc(C(=O)OCC(C)C)c(C)c34)cc2)n1. The van der Waals surface area contributed by atoms with Crippen LogP contribution in [0.5, 0.6) is 0 Å². The molecule has 0 aliphatic heterocycles. The summed E-state index contributed by atoms with van der Waals surface area (Å²) in [5.74, 6) is 0.363. The van der Waals surface area contributed by atoms with Crippen LogP contribution >= 0.6 is 11.3 Å². The number of sulfonamides is 1. The van der Waals surface area contributed by atoms with Crippen LogP contribution in [0.15, 0.2) is 47.8 Å². The number of esters is 1. The van der Waals surface area contributed by atoms with Crippen molar-refractivity contribution in [3.8, 4) is 0 Å². The Morgan fingerprint density at radius 3 is 2.51 bits per heavy atom. The first-order valence-electron chi connectivity index (χ1n) is 10.7. The quantitative estimate of drug-likeness (QED) is 0.328. The van der Waals surface area contributed by atoms with Crippen LogP contribution in [-0.4, -0.2) is 40.9 Å². The minimum Gasteiger partial charge on any atom is -0.461 e. The third-order valence-corrected chi connectivity index (χ3v) is 7.43. The molecule has 182 valence electrons. The van der Waals surface area contributed by atoms with Crippen LogP contribution in [0.3, 0.4) is 0 Å². The van der Waals surface area contributed by atoms with Gasteiger partial charge in [0.05, 0.1) is 16.9 Å². The van der Waals surface area contributed by atoms with Gasteiger partial charge in [-0.2, -0.15) is 0 Å². The molecule has 4 aromatic rings. The van der Waals surface area contributed by atoms with Gasteiger partial charge in [-0.1, -0.05) is 13.8 Å². The molecular formula is C23H24N6O4S2. The lowest BCUT2D eigenvalue weighted by Gasteiger charge is -2.10. The minimum absolute atomic E-state index is 0.00578. The summed E-state index contributed by atoms with van der Waals surface area (Å²) in [7, 11) is -3.86. The second-order valence-corrected chi connectivity index (χ2v) is 10.9. The summed E-state index contributed by atoms with van der Waals surface area (Å²) in [6, 6.07) is 7.86. The monoisotopic (exact) mass is 512 g/mol. The van der Waals surface area contributed by atoms with E-state index in [0.717, 1.165) is 5.56 Å². The number of benzene rings is 1. The summed E-state index contributed by atoms with van der Waals surface area (Å²) in [5, 5.41) is 3.90. The lowest BCUT2D eigenvalue weighted by Crippen LogP contribution is -2.15. The predicted octanol–water partition coefficient (Wildman–Crippen LogP) is 4.46. The maximum atomic E-state index is 12.7. The fourth-order valence-electron chi connectivity index (χ4n) is 3.20. The molecule has 12 heteroatoms.